The van der Waals surface area contributed by atoms with Gasteiger partial charge in [0.2, 0.25) is 0 Å². The topological polar surface area (TPSA) is 51.2 Å². The summed E-state index contributed by atoms with van der Waals surface area (Å²) in [6.07, 6.45) is 0. The molecular formula is C18H16N2O2S. The highest BCUT2D eigenvalue weighted by Gasteiger charge is 2.12. The van der Waals surface area contributed by atoms with Crippen LogP contribution in [-0.2, 0) is 0 Å². The zero-order valence-corrected chi connectivity index (χ0v) is 13.5. The highest BCUT2D eigenvalue weighted by molar-refractivity contribution is 7.14. The summed E-state index contributed by atoms with van der Waals surface area (Å²) in [6, 6.07) is 16.8. The largest absolute Gasteiger partial charge is 0.493 e. The number of anilines is 1. The first-order valence-electron chi connectivity index (χ1n) is 7.32. The second-order valence-corrected chi connectivity index (χ2v) is 5.65. The first kappa shape index (κ1) is 15.2. The number of rotatable bonds is 5. The van der Waals surface area contributed by atoms with Crippen molar-refractivity contribution in [3.05, 3.63) is 65.5 Å². The lowest BCUT2D eigenvalue weighted by molar-refractivity contribution is 0.102. The molecule has 0 aliphatic rings. The maximum atomic E-state index is 12.2. The lowest BCUT2D eigenvalue weighted by atomic mass is 10.1. The van der Waals surface area contributed by atoms with Gasteiger partial charge in [0.15, 0.2) is 5.13 Å². The van der Waals surface area contributed by atoms with Crippen LogP contribution in [0.5, 0.6) is 5.75 Å². The Morgan fingerprint density at radius 2 is 1.87 bits per heavy atom. The smallest absolute Gasteiger partial charge is 0.257 e. The molecule has 116 valence electrons. The van der Waals surface area contributed by atoms with E-state index in [4.69, 9.17) is 4.74 Å². The molecule has 0 unspecified atom stereocenters. The molecule has 3 aromatic rings. The van der Waals surface area contributed by atoms with Gasteiger partial charge in [0, 0.05) is 16.5 Å². The van der Waals surface area contributed by atoms with E-state index in [1.165, 1.54) is 11.3 Å². The van der Waals surface area contributed by atoms with Crippen molar-refractivity contribution < 1.29 is 9.53 Å². The van der Waals surface area contributed by atoms with Crippen molar-refractivity contribution in [2.24, 2.45) is 0 Å². The molecule has 0 saturated heterocycles. The highest BCUT2D eigenvalue weighted by atomic mass is 32.1. The number of hydrogen-bond acceptors (Lipinski definition) is 4. The molecule has 0 aliphatic carbocycles. The van der Waals surface area contributed by atoms with Crippen molar-refractivity contribution >= 4 is 22.4 Å². The number of ether oxygens (including phenoxy) is 1. The van der Waals surface area contributed by atoms with Crippen molar-refractivity contribution in [3.63, 3.8) is 0 Å². The number of carbonyl (C=O) groups is 1. The number of nitrogens with zero attached hydrogens (tertiary/aromatic N) is 1. The highest BCUT2D eigenvalue weighted by Crippen LogP contribution is 2.32. The van der Waals surface area contributed by atoms with Gasteiger partial charge in [-0.3, -0.25) is 10.1 Å². The van der Waals surface area contributed by atoms with Gasteiger partial charge in [0.1, 0.15) is 5.75 Å². The van der Waals surface area contributed by atoms with E-state index < -0.39 is 0 Å². The molecule has 0 bridgehead atoms. The number of hydrogen-bond donors (Lipinski definition) is 1. The Bertz CT molecular complexity index is 800. The second-order valence-electron chi connectivity index (χ2n) is 4.79. The molecule has 0 fully saturated rings. The Morgan fingerprint density at radius 1 is 1.13 bits per heavy atom. The van der Waals surface area contributed by atoms with Gasteiger partial charge in [0.25, 0.3) is 5.91 Å². The van der Waals surface area contributed by atoms with Crippen LogP contribution in [-0.4, -0.2) is 17.5 Å². The lowest BCUT2D eigenvalue weighted by Gasteiger charge is -2.07. The van der Waals surface area contributed by atoms with Crippen LogP contribution in [0.4, 0.5) is 5.13 Å². The minimum Gasteiger partial charge on any atom is -0.493 e. The van der Waals surface area contributed by atoms with E-state index in [0.717, 1.165) is 17.0 Å². The van der Waals surface area contributed by atoms with Crippen molar-refractivity contribution in [2.45, 2.75) is 6.92 Å². The van der Waals surface area contributed by atoms with Crippen LogP contribution in [0.1, 0.15) is 17.3 Å². The Labute approximate surface area is 138 Å². The van der Waals surface area contributed by atoms with Gasteiger partial charge >= 0.3 is 0 Å². The first-order chi connectivity index (χ1) is 11.3. The molecule has 0 saturated carbocycles. The molecule has 5 heteroatoms. The third kappa shape index (κ3) is 3.57. The Morgan fingerprint density at radius 3 is 2.65 bits per heavy atom. The predicted octanol–water partition coefficient (Wildman–Crippen LogP) is 4.46. The van der Waals surface area contributed by atoms with Crippen molar-refractivity contribution in [1.29, 1.82) is 0 Å². The van der Waals surface area contributed by atoms with Crippen LogP contribution >= 0.6 is 11.3 Å². The average Bonchev–Trinajstić information content (AvgIpc) is 3.05. The molecule has 1 heterocycles. The second kappa shape index (κ2) is 7.07. The van der Waals surface area contributed by atoms with Gasteiger partial charge in [-0.2, -0.15) is 0 Å². The normalized spacial score (nSPS) is 10.3. The lowest BCUT2D eigenvalue weighted by Crippen LogP contribution is -2.11. The number of thiazole rings is 1. The minimum absolute atomic E-state index is 0.162. The molecule has 0 atom stereocenters. The van der Waals surface area contributed by atoms with Gasteiger partial charge in [-0.15, -0.1) is 11.3 Å². The van der Waals surface area contributed by atoms with Crippen molar-refractivity contribution in [3.8, 4) is 17.0 Å². The molecule has 0 spiro atoms. The summed E-state index contributed by atoms with van der Waals surface area (Å²) in [5, 5.41) is 5.31. The molecule has 3 rings (SSSR count). The van der Waals surface area contributed by atoms with E-state index in [2.05, 4.69) is 10.3 Å². The molecule has 0 aliphatic heterocycles. The number of aromatic nitrogens is 1. The quantitative estimate of drug-likeness (QED) is 0.754. The maximum absolute atomic E-state index is 12.2. The van der Waals surface area contributed by atoms with Crippen LogP contribution in [0.25, 0.3) is 11.3 Å². The predicted molar refractivity (Wildman–Crippen MR) is 93.1 cm³/mol. The fourth-order valence-electron chi connectivity index (χ4n) is 2.17. The summed E-state index contributed by atoms with van der Waals surface area (Å²) in [7, 11) is 0. The van der Waals surface area contributed by atoms with Gasteiger partial charge in [0.05, 0.1) is 12.3 Å². The average molecular weight is 324 g/mol. The Hall–Kier alpha value is -2.66. The fraction of sp³-hybridized carbons (Fsp3) is 0.111. The summed E-state index contributed by atoms with van der Waals surface area (Å²) in [4.78, 5) is 16.7. The van der Waals surface area contributed by atoms with Crippen LogP contribution in [0.3, 0.4) is 0 Å². The molecule has 2 aromatic carbocycles. The van der Waals surface area contributed by atoms with Gasteiger partial charge in [-0.25, -0.2) is 4.98 Å². The number of amides is 1. The van der Waals surface area contributed by atoms with Crippen LogP contribution < -0.4 is 10.1 Å². The van der Waals surface area contributed by atoms with E-state index in [9.17, 15) is 4.79 Å². The van der Waals surface area contributed by atoms with Gasteiger partial charge in [-0.05, 0) is 31.2 Å². The Kier molecular flexibility index (Phi) is 4.68. The number of benzene rings is 2. The van der Waals surface area contributed by atoms with E-state index in [-0.39, 0.29) is 5.91 Å². The standard InChI is InChI=1S/C18H16N2O2S/c1-2-22-16-11-7-6-10-14(16)15-12-23-18(19-15)20-17(21)13-8-4-3-5-9-13/h3-12H,2H2,1H3,(H,19,20,21). The molecule has 1 aromatic heterocycles. The molecule has 0 radical (unpaired) electrons. The Balaban J connectivity index is 1.80. The number of nitrogens with one attached hydrogen (secondary N) is 1. The first-order valence-corrected chi connectivity index (χ1v) is 8.20. The summed E-state index contributed by atoms with van der Waals surface area (Å²) >= 11 is 1.40. The SMILES string of the molecule is CCOc1ccccc1-c1csc(NC(=O)c2ccccc2)n1. The summed E-state index contributed by atoms with van der Waals surface area (Å²) < 4.78 is 5.63. The molecule has 1 N–H and O–H groups in total. The third-order valence-electron chi connectivity index (χ3n) is 3.22. The van der Waals surface area contributed by atoms with Crippen molar-refractivity contribution in [2.75, 3.05) is 11.9 Å². The van der Waals surface area contributed by atoms with E-state index in [1.54, 1.807) is 12.1 Å². The molecule has 4 nitrogen and oxygen atoms in total. The van der Waals surface area contributed by atoms with E-state index in [1.807, 2.05) is 54.8 Å². The summed E-state index contributed by atoms with van der Waals surface area (Å²) in [5.41, 5.74) is 2.33. The number of carbonyl (C=O) groups excluding carboxylic acids is 1. The summed E-state index contributed by atoms with van der Waals surface area (Å²) in [6.45, 7) is 2.54. The zero-order valence-electron chi connectivity index (χ0n) is 12.7. The van der Waals surface area contributed by atoms with Gasteiger partial charge in [-0.1, -0.05) is 30.3 Å². The minimum atomic E-state index is -0.162. The van der Waals surface area contributed by atoms with Crippen molar-refractivity contribution in [1.82, 2.24) is 4.98 Å². The van der Waals surface area contributed by atoms with Crippen LogP contribution in [0.15, 0.2) is 60.0 Å². The van der Waals surface area contributed by atoms with Crippen LogP contribution in [0, 0.1) is 0 Å². The molecular weight excluding hydrogens is 308 g/mol. The van der Waals surface area contributed by atoms with E-state index >= 15 is 0 Å². The summed E-state index contributed by atoms with van der Waals surface area (Å²) in [5.74, 6) is 0.630. The van der Waals surface area contributed by atoms with Crippen LogP contribution in [0.2, 0.25) is 0 Å². The number of para-hydroxylation sites is 1. The zero-order chi connectivity index (χ0) is 16.1. The maximum Gasteiger partial charge on any atom is 0.257 e. The monoisotopic (exact) mass is 324 g/mol. The van der Waals surface area contributed by atoms with Gasteiger partial charge < -0.3 is 4.74 Å². The fourth-order valence-corrected chi connectivity index (χ4v) is 2.88. The van der Waals surface area contributed by atoms with E-state index in [0.29, 0.717) is 17.3 Å². The molecule has 23 heavy (non-hydrogen) atoms. The molecule has 1 amide bonds. The third-order valence-corrected chi connectivity index (χ3v) is 3.98.